The number of imide groups is 1. The number of aromatic nitrogens is 4. The first-order valence-corrected chi connectivity index (χ1v) is 8.85. The van der Waals surface area contributed by atoms with Crippen molar-refractivity contribution in [2.24, 2.45) is 7.05 Å². The molecule has 1 aromatic carbocycles. The number of nitrogens with one attached hydrogen (secondary N) is 1. The molecule has 9 heteroatoms. The fourth-order valence-corrected chi connectivity index (χ4v) is 3.35. The number of fused-ring (bicyclic) bond motifs is 2. The van der Waals surface area contributed by atoms with E-state index in [-0.39, 0.29) is 36.3 Å². The van der Waals surface area contributed by atoms with Crippen molar-refractivity contribution in [3.8, 4) is 0 Å². The van der Waals surface area contributed by atoms with Crippen LogP contribution < -0.4 is 5.32 Å². The quantitative estimate of drug-likeness (QED) is 0.669. The summed E-state index contributed by atoms with van der Waals surface area (Å²) in [5.41, 5.74) is 1.89. The molecule has 1 atom stereocenters. The Labute approximate surface area is 160 Å². The van der Waals surface area contributed by atoms with Crippen LogP contribution in [0.5, 0.6) is 0 Å². The minimum atomic E-state index is -0.524. The Morgan fingerprint density at radius 2 is 1.75 bits per heavy atom. The van der Waals surface area contributed by atoms with Crippen LogP contribution in [0.3, 0.4) is 0 Å². The summed E-state index contributed by atoms with van der Waals surface area (Å²) >= 11 is 0. The molecule has 3 amide bonds. The molecule has 0 aliphatic carbocycles. The zero-order chi connectivity index (χ0) is 19.8. The summed E-state index contributed by atoms with van der Waals surface area (Å²) in [7, 11) is 1.89. The third-order valence-corrected chi connectivity index (χ3v) is 4.74. The Morgan fingerprint density at radius 3 is 2.39 bits per heavy atom. The maximum atomic E-state index is 12.4. The molecule has 2 aromatic heterocycles. The van der Waals surface area contributed by atoms with Crippen molar-refractivity contribution in [1.82, 2.24) is 29.7 Å². The number of carbonyl (C=O) groups is 3. The summed E-state index contributed by atoms with van der Waals surface area (Å²) < 4.78 is 1.93. The van der Waals surface area contributed by atoms with Gasteiger partial charge in [0.2, 0.25) is 5.91 Å². The molecule has 142 valence electrons. The average molecular weight is 378 g/mol. The SMILES string of the molecule is CC(NC(=O)CCN1C(=O)c2nccnc2C1=O)c1nc2ccccc2n1C. The second-order valence-corrected chi connectivity index (χ2v) is 6.57. The van der Waals surface area contributed by atoms with Gasteiger partial charge >= 0.3 is 0 Å². The van der Waals surface area contributed by atoms with E-state index in [1.807, 2.05) is 42.8 Å². The molecule has 0 saturated heterocycles. The summed E-state index contributed by atoms with van der Waals surface area (Å²) in [5.74, 6) is -0.602. The van der Waals surface area contributed by atoms with Gasteiger partial charge in [-0.3, -0.25) is 19.3 Å². The van der Waals surface area contributed by atoms with E-state index in [0.29, 0.717) is 0 Å². The highest BCUT2D eigenvalue weighted by Crippen LogP contribution is 2.20. The maximum absolute atomic E-state index is 12.4. The van der Waals surface area contributed by atoms with Gasteiger partial charge in [-0.05, 0) is 19.1 Å². The van der Waals surface area contributed by atoms with E-state index in [2.05, 4.69) is 20.3 Å². The fraction of sp³-hybridized carbons (Fsp3) is 0.263. The molecule has 1 aliphatic rings. The lowest BCUT2D eigenvalue weighted by atomic mass is 10.3. The zero-order valence-corrected chi connectivity index (χ0v) is 15.4. The van der Waals surface area contributed by atoms with E-state index in [9.17, 15) is 14.4 Å². The molecular weight excluding hydrogens is 360 g/mol. The zero-order valence-electron chi connectivity index (χ0n) is 15.4. The summed E-state index contributed by atoms with van der Waals surface area (Å²) in [6.07, 6.45) is 2.71. The van der Waals surface area contributed by atoms with Crippen molar-refractivity contribution in [3.63, 3.8) is 0 Å². The maximum Gasteiger partial charge on any atom is 0.281 e. The van der Waals surface area contributed by atoms with E-state index in [1.54, 1.807) is 0 Å². The number of amides is 3. The normalized spacial score (nSPS) is 14.4. The number of imidazole rings is 1. The van der Waals surface area contributed by atoms with E-state index in [4.69, 9.17) is 0 Å². The number of benzene rings is 1. The first-order valence-electron chi connectivity index (χ1n) is 8.85. The summed E-state index contributed by atoms with van der Waals surface area (Å²) in [4.78, 5) is 50.3. The summed E-state index contributed by atoms with van der Waals surface area (Å²) in [5, 5.41) is 2.87. The molecule has 0 radical (unpaired) electrons. The van der Waals surface area contributed by atoms with Gasteiger partial charge < -0.3 is 9.88 Å². The van der Waals surface area contributed by atoms with Crippen LogP contribution in [-0.4, -0.2) is 48.7 Å². The first kappa shape index (κ1) is 17.8. The van der Waals surface area contributed by atoms with Crippen molar-refractivity contribution in [3.05, 3.63) is 53.9 Å². The Morgan fingerprint density at radius 1 is 1.11 bits per heavy atom. The minimum absolute atomic E-state index is 0.0141. The summed E-state index contributed by atoms with van der Waals surface area (Å²) in [6.45, 7) is 1.81. The van der Waals surface area contributed by atoms with Crippen molar-refractivity contribution in [1.29, 1.82) is 0 Å². The molecule has 4 rings (SSSR count). The lowest BCUT2D eigenvalue weighted by molar-refractivity contribution is -0.121. The number of nitrogens with zero attached hydrogens (tertiary/aromatic N) is 5. The van der Waals surface area contributed by atoms with Crippen LogP contribution in [0, 0.1) is 0 Å². The Hall–Kier alpha value is -3.62. The first-order chi connectivity index (χ1) is 13.5. The lowest BCUT2D eigenvalue weighted by Gasteiger charge is -2.16. The fourth-order valence-electron chi connectivity index (χ4n) is 3.35. The Balaban J connectivity index is 1.40. The van der Waals surface area contributed by atoms with E-state index in [0.717, 1.165) is 21.8 Å². The molecule has 0 fully saturated rings. The van der Waals surface area contributed by atoms with Gasteiger partial charge in [0.25, 0.3) is 11.8 Å². The molecule has 0 saturated carbocycles. The molecule has 0 spiro atoms. The van der Waals surface area contributed by atoms with Crippen LogP contribution in [0.1, 0.15) is 46.2 Å². The second-order valence-electron chi connectivity index (χ2n) is 6.57. The minimum Gasteiger partial charge on any atom is -0.346 e. The molecule has 1 N–H and O–H groups in total. The average Bonchev–Trinajstić information content (AvgIpc) is 3.16. The molecule has 1 unspecified atom stereocenters. The monoisotopic (exact) mass is 378 g/mol. The molecule has 1 aliphatic heterocycles. The van der Waals surface area contributed by atoms with Crippen LogP contribution >= 0.6 is 0 Å². The smallest absolute Gasteiger partial charge is 0.281 e. The highest BCUT2D eigenvalue weighted by atomic mass is 16.2. The number of para-hydroxylation sites is 2. The van der Waals surface area contributed by atoms with Crippen LogP contribution in [0.25, 0.3) is 11.0 Å². The largest absolute Gasteiger partial charge is 0.346 e. The van der Waals surface area contributed by atoms with Crippen molar-refractivity contribution < 1.29 is 14.4 Å². The molecule has 3 aromatic rings. The van der Waals surface area contributed by atoms with Gasteiger partial charge in [-0.25, -0.2) is 15.0 Å². The van der Waals surface area contributed by atoms with Gasteiger partial charge in [0.15, 0.2) is 11.4 Å². The molecular formula is C19H18N6O3. The van der Waals surface area contributed by atoms with Gasteiger partial charge in [0.05, 0.1) is 17.1 Å². The second kappa shape index (κ2) is 6.84. The molecule has 0 bridgehead atoms. The Kier molecular flexibility index (Phi) is 4.34. The Bertz CT molecular complexity index is 1070. The number of aryl methyl sites for hydroxylation is 1. The number of hydrogen-bond acceptors (Lipinski definition) is 6. The number of carbonyl (C=O) groups excluding carboxylic acids is 3. The molecule has 9 nitrogen and oxygen atoms in total. The van der Waals surface area contributed by atoms with Gasteiger partial charge in [0, 0.05) is 32.4 Å². The summed E-state index contributed by atoms with van der Waals surface area (Å²) in [6, 6.07) is 7.40. The van der Waals surface area contributed by atoms with E-state index >= 15 is 0 Å². The number of rotatable bonds is 5. The van der Waals surface area contributed by atoms with Crippen molar-refractivity contribution in [2.45, 2.75) is 19.4 Å². The van der Waals surface area contributed by atoms with Crippen molar-refractivity contribution in [2.75, 3.05) is 6.54 Å². The van der Waals surface area contributed by atoms with Crippen LogP contribution in [0.4, 0.5) is 0 Å². The van der Waals surface area contributed by atoms with Crippen LogP contribution in [0.15, 0.2) is 36.7 Å². The van der Waals surface area contributed by atoms with Gasteiger partial charge in [0.1, 0.15) is 5.82 Å². The third kappa shape index (κ3) is 2.90. The van der Waals surface area contributed by atoms with Gasteiger partial charge in [-0.2, -0.15) is 0 Å². The van der Waals surface area contributed by atoms with E-state index < -0.39 is 11.8 Å². The van der Waals surface area contributed by atoms with Gasteiger partial charge in [-0.15, -0.1) is 0 Å². The van der Waals surface area contributed by atoms with Gasteiger partial charge in [-0.1, -0.05) is 12.1 Å². The lowest BCUT2D eigenvalue weighted by Crippen LogP contribution is -2.35. The predicted octanol–water partition coefficient (Wildman–Crippen LogP) is 1.23. The topological polar surface area (TPSA) is 110 Å². The van der Waals surface area contributed by atoms with Crippen LogP contribution in [0.2, 0.25) is 0 Å². The molecule has 3 heterocycles. The van der Waals surface area contributed by atoms with Crippen molar-refractivity contribution >= 4 is 28.8 Å². The predicted molar refractivity (Wildman–Crippen MR) is 99.3 cm³/mol. The third-order valence-electron chi connectivity index (χ3n) is 4.74. The van der Waals surface area contributed by atoms with E-state index in [1.165, 1.54) is 12.4 Å². The van der Waals surface area contributed by atoms with Crippen LogP contribution in [-0.2, 0) is 11.8 Å². The highest BCUT2D eigenvalue weighted by Gasteiger charge is 2.38. The standard InChI is InChI=1S/C19H18N6O3/c1-11(17-23-12-5-3-4-6-13(12)24(17)2)22-14(26)7-10-25-18(27)15-16(19(25)28)21-9-8-20-15/h3-6,8-9,11H,7,10H2,1-2H3,(H,22,26). The number of hydrogen-bond donors (Lipinski definition) is 1. The molecule has 28 heavy (non-hydrogen) atoms. The highest BCUT2D eigenvalue weighted by molar-refractivity contribution is 6.19.